The fraction of sp³-hybridized carbons (Fsp3) is 0.345. The highest BCUT2D eigenvalue weighted by molar-refractivity contribution is 9.12. The van der Waals surface area contributed by atoms with Crippen LogP contribution in [0.5, 0.6) is 0 Å². The van der Waals surface area contributed by atoms with Gasteiger partial charge in [-0.05, 0) is 82.7 Å². The van der Waals surface area contributed by atoms with Crippen molar-refractivity contribution in [2.45, 2.75) is 33.1 Å². The van der Waals surface area contributed by atoms with Crippen LogP contribution >= 0.6 is 15.9 Å². The number of hydrogen-bond donors (Lipinski definition) is 3. The second kappa shape index (κ2) is 10.6. The summed E-state index contributed by atoms with van der Waals surface area (Å²) in [5.74, 6) is 0.670. The van der Waals surface area contributed by atoms with Crippen molar-refractivity contribution in [2.24, 2.45) is 10.9 Å². The smallest absolute Gasteiger partial charge is 0.144 e. The summed E-state index contributed by atoms with van der Waals surface area (Å²) in [7, 11) is 0. The van der Waals surface area contributed by atoms with Crippen LogP contribution < -0.4 is 15.5 Å². The zero-order chi connectivity index (χ0) is 25.2. The Morgan fingerprint density at radius 3 is 2.64 bits per heavy atom. The van der Waals surface area contributed by atoms with Gasteiger partial charge in [0, 0.05) is 66.3 Å². The van der Waals surface area contributed by atoms with E-state index in [1.54, 1.807) is 0 Å². The van der Waals surface area contributed by atoms with E-state index in [0.717, 1.165) is 65.4 Å². The normalized spacial score (nSPS) is 24.1. The Morgan fingerprint density at radius 2 is 1.89 bits per heavy atom. The molecule has 5 rings (SSSR count). The van der Waals surface area contributed by atoms with Gasteiger partial charge in [0.15, 0.2) is 0 Å². The van der Waals surface area contributed by atoms with E-state index in [2.05, 4.69) is 80.6 Å². The summed E-state index contributed by atoms with van der Waals surface area (Å²) in [6.45, 7) is 10.3. The van der Waals surface area contributed by atoms with E-state index in [9.17, 15) is 0 Å². The molecule has 0 amide bonds. The molecule has 188 valence electrons. The summed E-state index contributed by atoms with van der Waals surface area (Å²) in [6, 6.07) is 14.3. The summed E-state index contributed by atoms with van der Waals surface area (Å²) < 4.78 is 16.5. The number of amidine groups is 1. The first-order chi connectivity index (χ1) is 17.4. The van der Waals surface area contributed by atoms with Gasteiger partial charge >= 0.3 is 0 Å². The van der Waals surface area contributed by atoms with Crippen LogP contribution in [0, 0.1) is 18.7 Å². The summed E-state index contributed by atoms with van der Waals surface area (Å²) in [5.41, 5.74) is 5.81. The molecule has 1 aromatic heterocycles. The predicted octanol–water partition coefficient (Wildman–Crippen LogP) is 6.84. The van der Waals surface area contributed by atoms with Crippen LogP contribution in [0.25, 0.3) is 10.9 Å². The Morgan fingerprint density at radius 1 is 1.14 bits per heavy atom. The highest BCUT2D eigenvalue weighted by Gasteiger charge is 2.26. The summed E-state index contributed by atoms with van der Waals surface area (Å²) in [6.07, 6.45) is 4.78. The van der Waals surface area contributed by atoms with Crippen molar-refractivity contribution in [2.75, 3.05) is 36.4 Å². The number of H-pyrrole nitrogens is 1. The van der Waals surface area contributed by atoms with Crippen molar-refractivity contribution < 1.29 is 4.39 Å². The van der Waals surface area contributed by atoms with E-state index in [-0.39, 0.29) is 17.7 Å². The van der Waals surface area contributed by atoms with Gasteiger partial charge in [-0.1, -0.05) is 26.0 Å². The molecule has 0 radical (unpaired) electrons. The van der Waals surface area contributed by atoms with E-state index in [4.69, 9.17) is 4.99 Å². The van der Waals surface area contributed by atoms with Crippen molar-refractivity contribution in [1.82, 2.24) is 10.3 Å². The molecule has 2 atom stereocenters. The molecule has 0 aliphatic carbocycles. The fourth-order valence-electron chi connectivity index (χ4n) is 5.28. The number of aliphatic imine (C=N–C) groups is 1. The van der Waals surface area contributed by atoms with Crippen molar-refractivity contribution in [3.8, 4) is 0 Å². The Balaban J connectivity index is 1.45. The Hall–Kier alpha value is -2.90. The number of nitrogens with one attached hydrogen (secondary N) is 3. The van der Waals surface area contributed by atoms with Crippen LogP contribution in [0.2, 0.25) is 0 Å². The maximum absolute atomic E-state index is 15.6. The Bertz CT molecular complexity index is 1330. The molecular weight excluding hydrogens is 517 g/mol. The number of aromatic nitrogens is 1. The number of benzene rings is 2. The minimum absolute atomic E-state index is 0.123. The number of anilines is 2. The van der Waals surface area contributed by atoms with E-state index in [0.29, 0.717) is 10.9 Å². The van der Waals surface area contributed by atoms with Crippen LogP contribution in [-0.2, 0) is 0 Å². The SMILES string of the molecule is Cc1cc2c(F)c(C(C)/C3=C(Br)/C(Nc4ccc(N5CCNCC5)cc4)=N\C=C\CC3C)ccc2[nH]1. The largest absolute Gasteiger partial charge is 0.369 e. The van der Waals surface area contributed by atoms with Gasteiger partial charge in [-0.25, -0.2) is 9.38 Å². The number of allylic oxidation sites excluding steroid dienone is 2. The molecular formula is C29H33BrFN5. The number of nitrogens with zero attached hydrogens (tertiary/aromatic N) is 2. The van der Waals surface area contributed by atoms with Crippen molar-refractivity contribution in [3.63, 3.8) is 0 Å². The quantitative estimate of drug-likeness (QED) is 0.334. The van der Waals surface area contributed by atoms with Gasteiger partial charge in [-0.3, -0.25) is 0 Å². The molecule has 5 nitrogen and oxygen atoms in total. The molecule has 2 aromatic carbocycles. The lowest BCUT2D eigenvalue weighted by atomic mass is 9.82. The summed E-state index contributed by atoms with van der Waals surface area (Å²) >= 11 is 3.87. The lowest BCUT2D eigenvalue weighted by Gasteiger charge is -2.29. The van der Waals surface area contributed by atoms with Crippen LogP contribution in [0.1, 0.15) is 37.4 Å². The molecule has 7 heteroatoms. The number of aromatic amines is 1. The standard InChI is InChI=1S/C29H33BrFN5/c1-18-5-4-12-33-29(35-21-6-8-22(9-7-21)36-15-13-32-14-16-36)27(30)26(18)20(3)23-10-11-25-24(28(23)31)17-19(2)34-25/h4,6-12,17-18,20,32,34H,5,13-16H2,1-3H3,(H,33,35)/b12-4+,27-26-. The number of aryl methyl sites for hydroxylation is 1. The van der Waals surface area contributed by atoms with E-state index < -0.39 is 0 Å². The Kier molecular flexibility index (Phi) is 7.30. The van der Waals surface area contributed by atoms with E-state index in [1.165, 1.54) is 5.69 Å². The zero-order valence-electron chi connectivity index (χ0n) is 21.0. The monoisotopic (exact) mass is 549 g/mol. The van der Waals surface area contributed by atoms with Crippen LogP contribution in [0.15, 0.2) is 69.8 Å². The highest BCUT2D eigenvalue weighted by Crippen LogP contribution is 2.39. The number of halogens is 2. The average molecular weight is 551 g/mol. The second-order valence-electron chi connectivity index (χ2n) is 9.78. The lowest BCUT2D eigenvalue weighted by Crippen LogP contribution is -2.43. The topological polar surface area (TPSA) is 55.4 Å². The minimum Gasteiger partial charge on any atom is -0.369 e. The third-order valence-electron chi connectivity index (χ3n) is 7.24. The average Bonchev–Trinajstić information content (AvgIpc) is 3.27. The molecule has 0 saturated carbocycles. The predicted molar refractivity (Wildman–Crippen MR) is 153 cm³/mol. The van der Waals surface area contributed by atoms with E-state index in [1.807, 2.05) is 31.3 Å². The van der Waals surface area contributed by atoms with Crippen LogP contribution in [0.4, 0.5) is 15.8 Å². The van der Waals surface area contributed by atoms with Gasteiger partial charge in [-0.15, -0.1) is 0 Å². The van der Waals surface area contributed by atoms with Crippen molar-refractivity contribution in [3.05, 3.63) is 81.9 Å². The van der Waals surface area contributed by atoms with Gasteiger partial charge in [-0.2, -0.15) is 0 Å². The van der Waals surface area contributed by atoms with Crippen molar-refractivity contribution in [1.29, 1.82) is 0 Å². The van der Waals surface area contributed by atoms with Gasteiger partial charge in [0.25, 0.3) is 0 Å². The van der Waals surface area contributed by atoms with Gasteiger partial charge in [0.2, 0.25) is 0 Å². The zero-order valence-corrected chi connectivity index (χ0v) is 22.6. The van der Waals surface area contributed by atoms with Gasteiger partial charge in [0.1, 0.15) is 11.7 Å². The molecule has 1 saturated heterocycles. The first-order valence-corrected chi connectivity index (χ1v) is 13.4. The maximum atomic E-state index is 15.6. The minimum atomic E-state index is -0.156. The maximum Gasteiger partial charge on any atom is 0.144 e. The second-order valence-corrected chi connectivity index (χ2v) is 10.6. The molecule has 0 bridgehead atoms. The fourth-order valence-corrected chi connectivity index (χ4v) is 6.21. The summed E-state index contributed by atoms with van der Waals surface area (Å²) in [4.78, 5) is 10.3. The van der Waals surface area contributed by atoms with E-state index >= 15 is 4.39 Å². The molecule has 3 N–H and O–H groups in total. The number of hydrogen-bond acceptors (Lipinski definition) is 4. The van der Waals surface area contributed by atoms with Gasteiger partial charge in [0.05, 0.1) is 4.48 Å². The Labute approximate surface area is 220 Å². The van der Waals surface area contributed by atoms with Gasteiger partial charge < -0.3 is 20.5 Å². The molecule has 1 fully saturated rings. The molecule has 3 aromatic rings. The first-order valence-electron chi connectivity index (χ1n) is 12.7. The molecule has 2 aliphatic rings. The third-order valence-corrected chi connectivity index (χ3v) is 8.07. The lowest BCUT2D eigenvalue weighted by molar-refractivity contribution is 0.585. The number of rotatable bonds is 4. The third kappa shape index (κ3) is 5.00. The molecule has 3 heterocycles. The molecule has 36 heavy (non-hydrogen) atoms. The molecule has 2 unspecified atom stereocenters. The first kappa shape index (κ1) is 24.8. The van der Waals surface area contributed by atoms with Crippen LogP contribution in [0.3, 0.4) is 0 Å². The highest BCUT2D eigenvalue weighted by atomic mass is 79.9. The molecule has 2 aliphatic heterocycles. The van der Waals surface area contributed by atoms with Crippen molar-refractivity contribution >= 4 is 44.0 Å². The number of piperazine rings is 1. The van der Waals surface area contributed by atoms with Crippen LogP contribution in [-0.4, -0.2) is 37.0 Å². The molecule has 0 spiro atoms. The summed E-state index contributed by atoms with van der Waals surface area (Å²) in [5, 5.41) is 7.54. The number of fused-ring (bicyclic) bond motifs is 1.